The minimum atomic E-state index is -0.422. The molecule has 302 valence electrons. The number of fused-ring (bicyclic) bond motifs is 1. The van der Waals surface area contributed by atoms with Gasteiger partial charge in [-0.15, -0.1) is 0 Å². The van der Waals surface area contributed by atoms with Crippen molar-refractivity contribution in [3.05, 3.63) is 214 Å². The molecule has 7 rings (SSSR count). The number of hydrogen-bond donors (Lipinski definition) is 2. The molecule has 2 atom stereocenters. The van der Waals surface area contributed by atoms with E-state index in [4.69, 9.17) is 9.47 Å². The summed E-state index contributed by atoms with van der Waals surface area (Å²) < 4.78 is 10.8. The first kappa shape index (κ1) is 42.3. The monoisotopic (exact) mass is 796 g/mol. The molecule has 0 fully saturated rings. The molecule has 0 radical (unpaired) electrons. The molecule has 0 saturated heterocycles. The number of amides is 2. The van der Waals surface area contributed by atoms with Gasteiger partial charge in [0.25, 0.3) is 11.8 Å². The summed E-state index contributed by atoms with van der Waals surface area (Å²) in [5.74, 6) is -0.403. The number of benzene rings is 7. The normalized spacial score (nSPS) is 11.6. The first-order valence-corrected chi connectivity index (χ1v) is 20.1. The van der Waals surface area contributed by atoms with Gasteiger partial charge in [0, 0.05) is 11.1 Å². The van der Waals surface area contributed by atoms with Crippen molar-refractivity contribution in [2.75, 3.05) is 0 Å². The Morgan fingerprint density at radius 2 is 0.867 bits per heavy atom. The molecule has 2 N–H and O–H groups in total. The van der Waals surface area contributed by atoms with Crippen molar-refractivity contribution in [1.82, 2.24) is 10.6 Å². The Bertz CT molecular complexity index is 2530. The third kappa shape index (κ3) is 11.2. The number of nitrogens with one attached hydrogen (secondary N) is 2. The second kappa shape index (κ2) is 20.4. The molecular formula is C52H48N2O6. The molecule has 0 heterocycles. The highest BCUT2D eigenvalue weighted by atomic mass is 16.5. The highest BCUT2D eigenvalue weighted by molar-refractivity contribution is 5.96. The summed E-state index contributed by atoms with van der Waals surface area (Å²) in [5.41, 5.74) is 6.43. The molecule has 0 spiro atoms. The number of hydrogen-bond acceptors (Lipinski definition) is 6. The molecule has 2 unspecified atom stereocenters. The van der Waals surface area contributed by atoms with Crippen molar-refractivity contribution < 1.29 is 28.7 Å². The lowest BCUT2D eigenvalue weighted by Crippen LogP contribution is -2.26. The van der Waals surface area contributed by atoms with E-state index in [1.165, 1.54) is 0 Å². The molecular weight excluding hydrogens is 749 g/mol. The third-order valence-corrected chi connectivity index (χ3v) is 10.1. The lowest BCUT2D eigenvalue weighted by Gasteiger charge is -2.17. The van der Waals surface area contributed by atoms with Crippen molar-refractivity contribution in [3.63, 3.8) is 0 Å². The Morgan fingerprint density at radius 3 is 1.35 bits per heavy atom. The second-order valence-corrected chi connectivity index (χ2v) is 14.3. The van der Waals surface area contributed by atoms with Crippen molar-refractivity contribution in [1.29, 1.82) is 0 Å². The van der Waals surface area contributed by atoms with Gasteiger partial charge in [-0.3, -0.25) is 9.59 Å². The zero-order chi connectivity index (χ0) is 42.4. The first-order chi connectivity index (χ1) is 29.1. The summed E-state index contributed by atoms with van der Waals surface area (Å²) in [6.45, 7) is 8.03. The molecule has 7 aromatic rings. The van der Waals surface area contributed by atoms with E-state index in [0.29, 0.717) is 33.8 Å². The van der Waals surface area contributed by atoms with E-state index >= 15 is 0 Å². The second-order valence-electron chi connectivity index (χ2n) is 14.3. The van der Waals surface area contributed by atoms with Crippen molar-refractivity contribution in [2.45, 2.75) is 52.6 Å². The van der Waals surface area contributed by atoms with Crippen LogP contribution in [0.25, 0.3) is 10.8 Å². The number of carbonyl (C=O) groups is 4. The highest BCUT2D eigenvalue weighted by Gasteiger charge is 2.16. The molecule has 8 heteroatoms. The van der Waals surface area contributed by atoms with Gasteiger partial charge in [-0.1, -0.05) is 111 Å². The predicted octanol–water partition coefficient (Wildman–Crippen LogP) is 11.1. The molecule has 2 amide bonds. The topological polar surface area (TPSA) is 111 Å². The van der Waals surface area contributed by atoms with Crippen LogP contribution in [-0.2, 0) is 12.8 Å². The fraction of sp³-hybridized carbons (Fsp3) is 0.154. The van der Waals surface area contributed by atoms with Gasteiger partial charge in [-0.05, 0) is 133 Å². The fourth-order valence-electron chi connectivity index (χ4n) is 6.52. The van der Waals surface area contributed by atoms with Crippen LogP contribution in [0.2, 0.25) is 0 Å². The van der Waals surface area contributed by atoms with Crippen LogP contribution in [0.15, 0.2) is 170 Å². The molecule has 0 bridgehead atoms. The van der Waals surface area contributed by atoms with Crippen molar-refractivity contribution in [3.8, 4) is 11.5 Å². The van der Waals surface area contributed by atoms with E-state index in [0.717, 1.165) is 45.9 Å². The van der Waals surface area contributed by atoms with E-state index in [1.807, 2.05) is 92.7 Å². The number of carbonyl (C=O) groups excluding carboxylic acids is 4. The lowest BCUT2D eigenvalue weighted by atomic mass is 9.99. The molecule has 0 aliphatic carbocycles. The lowest BCUT2D eigenvalue weighted by molar-refractivity contribution is 0.0725. The minimum Gasteiger partial charge on any atom is -0.423 e. The Morgan fingerprint density at radius 1 is 0.450 bits per heavy atom. The predicted molar refractivity (Wildman–Crippen MR) is 237 cm³/mol. The van der Waals surface area contributed by atoms with Gasteiger partial charge in [0.2, 0.25) is 0 Å². The third-order valence-electron chi connectivity index (χ3n) is 10.1. The van der Waals surface area contributed by atoms with Gasteiger partial charge in [0.15, 0.2) is 0 Å². The largest absolute Gasteiger partial charge is 0.423 e. The maximum atomic E-state index is 12.8. The summed E-state index contributed by atoms with van der Waals surface area (Å²) in [6.07, 6.45) is 1.83. The van der Waals surface area contributed by atoms with E-state index in [9.17, 15) is 19.2 Å². The molecule has 0 aliphatic heterocycles. The van der Waals surface area contributed by atoms with Gasteiger partial charge in [-0.25, -0.2) is 9.59 Å². The smallest absolute Gasteiger partial charge is 0.343 e. The molecule has 0 saturated carbocycles. The van der Waals surface area contributed by atoms with Gasteiger partial charge < -0.3 is 20.1 Å². The minimum absolute atomic E-state index is 0.0997. The zero-order valence-electron chi connectivity index (χ0n) is 34.2. The SMILES string of the molecule is CCc1ccc(C(=O)Oc2ccc(C(=O)NC(C)c3cccc4ccccc34)cc2)cc1.CCc1ccc(C(=O)Oc2ccc(C(=O)NC(C)c3ccccc3)cc2)cc1. The average molecular weight is 797 g/mol. The van der Waals surface area contributed by atoms with Gasteiger partial charge in [0.1, 0.15) is 11.5 Å². The Balaban J connectivity index is 0.000000203. The van der Waals surface area contributed by atoms with Crippen molar-refractivity contribution in [2.24, 2.45) is 0 Å². The summed E-state index contributed by atoms with van der Waals surface area (Å²) in [5, 5.41) is 8.28. The Hall–Kier alpha value is -7.32. The van der Waals surface area contributed by atoms with Crippen LogP contribution in [0, 0.1) is 0 Å². The molecule has 60 heavy (non-hydrogen) atoms. The van der Waals surface area contributed by atoms with E-state index in [2.05, 4.69) is 42.7 Å². The van der Waals surface area contributed by atoms with Gasteiger partial charge in [0.05, 0.1) is 23.2 Å². The summed E-state index contributed by atoms with van der Waals surface area (Å²) >= 11 is 0. The van der Waals surface area contributed by atoms with Crippen LogP contribution in [0.3, 0.4) is 0 Å². The maximum Gasteiger partial charge on any atom is 0.343 e. The van der Waals surface area contributed by atoms with E-state index in [1.54, 1.807) is 72.8 Å². The van der Waals surface area contributed by atoms with Crippen LogP contribution < -0.4 is 20.1 Å². The first-order valence-electron chi connectivity index (χ1n) is 20.1. The number of esters is 2. The van der Waals surface area contributed by atoms with Crippen LogP contribution in [-0.4, -0.2) is 23.8 Å². The molecule has 0 aliphatic rings. The summed E-state index contributed by atoms with van der Waals surface area (Å²) in [4.78, 5) is 49.8. The van der Waals surface area contributed by atoms with E-state index in [-0.39, 0.29) is 23.9 Å². The molecule has 0 aromatic heterocycles. The van der Waals surface area contributed by atoms with Crippen LogP contribution in [0.1, 0.15) is 103 Å². The summed E-state index contributed by atoms with van der Waals surface area (Å²) in [7, 11) is 0. The standard InChI is InChI=1S/C28H25NO3.C24H23NO3/c1-3-20-11-13-23(14-12-20)28(31)32-24-17-15-22(16-18-24)27(30)29-19(2)25-10-6-8-21-7-4-5-9-26(21)25;1-3-18-9-11-21(12-10-18)24(27)28-22-15-13-20(14-16-22)23(26)25-17(2)19-7-5-4-6-8-19/h4-19H,3H2,1-2H3,(H,29,30);4-17H,3H2,1-2H3,(H,25,26). The van der Waals surface area contributed by atoms with E-state index < -0.39 is 11.9 Å². The summed E-state index contributed by atoms with van der Waals surface area (Å²) in [6, 6.07) is 51.6. The molecule has 8 nitrogen and oxygen atoms in total. The van der Waals surface area contributed by atoms with Gasteiger partial charge in [-0.2, -0.15) is 0 Å². The number of rotatable bonds is 12. The zero-order valence-corrected chi connectivity index (χ0v) is 34.2. The van der Waals surface area contributed by atoms with Crippen LogP contribution in [0.5, 0.6) is 11.5 Å². The van der Waals surface area contributed by atoms with Crippen molar-refractivity contribution >= 4 is 34.5 Å². The quantitative estimate of drug-likeness (QED) is 0.0941. The average Bonchev–Trinajstić information content (AvgIpc) is 3.29. The highest BCUT2D eigenvalue weighted by Crippen LogP contribution is 2.25. The number of ether oxygens (including phenoxy) is 2. The van der Waals surface area contributed by atoms with Crippen LogP contribution >= 0.6 is 0 Å². The maximum absolute atomic E-state index is 12.8. The number of aryl methyl sites for hydroxylation is 2. The molecule has 7 aromatic carbocycles. The van der Waals surface area contributed by atoms with Crippen LogP contribution in [0.4, 0.5) is 0 Å². The Labute approximate surface area is 351 Å². The van der Waals surface area contributed by atoms with Gasteiger partial charge >= 0.3 is 11.9 Å². The fourth-order valence-corrected chi connectivity index (χ4v) is 6.52. The Kier molecular flexibility index (Phi) is 14.4.